The van der Waals surface area contributed by atoms with Crippen molar-refractivity contribution in [2.24, 2.45) is 5.92 Å². The van der Waals surface area contributed by atoms with Gasteiger partial charge in [-0.15, -0.1) is 0 Å². The highest BCUT2D eigenvalue weighted by molar-refractivity contribution is 7.98. The van der Waals surface area contributed by atoms with Gasteiger partial charge in [0.1, 0.15) is 0 Å². The fourth-order valence-corrected chi connectivity index (χ4v) is 2.71. The van der Waals surface area contributed by atoms with Gasteiger partial charge in [0.15, 0.2) is 0 Å². The molecular formula is C12H24N2O2S. The van der Waals surface area contributed by atoms with Crippen LogP contribution in [0, 0.1) is 5.92 Å². The Kier molecular flexibility index (Phi) is 6.73. The summed E-state index contributed by atoms with van der Waals surface area (Å²) < 4.78 is 0. The first kappa shape index (κ1) is 14.6. The lowest BCUT2D eigenvalue weighted by atomic mass is 10.1. The second-order valence-corrected chi connectivity index (χ2v) is 5.78. The number of thioether (sulfide) groups is 1. The minimum Gasteiger partial charge on any atom is -0.393 e. The van der Waals surface area contributed by atoms with Gasteiger partial charge in [-0.25, -0.2) is 4.79 Å². The molecule has 0 heterocycles. The highest BCUT2D eigenvalue weighted by atomic mass is 32.2. The first-order chi connectivity index (χ1) is 8.13. The van der Waals surface area contributed by atoms with E-state index in [2.05, 4.69) is 16.9 Å². The maximum atomic E-state index is 11.6. The van der Waals surface area contributed by atoms with Gasteiger partial charge < -0.3 is 15.7 Å². The van der Waals surface area contributed by atoms with Gasteiger partial charge in [0.2, 0.25) is 0 Å². The number of carbonyl (C=O) groups is 1. The van der Waals surface area contributed by atoms with E-state index in [0.29, 0.717) is 6.54 Å². The van der Waals surface area contributed by atoms with Crippen molar-refractivity contribution in [3.05, 3.63) is 0 Å². The molecule has 1 rings (SSSR count). The van der Waals surface area contributed by atoms with E-state index in [1.807, 2.05) is 6.92 Å². The van der Waals surface area contributed by atoms with Gasteiger partial charge in [-0.1, -0.05) is 6.42 Å². The molecule has 3 atom stereocenters. The lowest BCUT2D eigenvalue weighted by Gasteiger charge is -2.17. The Bertz CT molecular complexity index is 239. The van der Waals surface area contributed by atoms with E-state index < -0.39 is 0 Å². The molecule has 1 saturated carbocycles. The van der Waals surface area contributed by atoms with E-state index >= 15 is 0 Å². The summed E-state index contributed by atoms with van der Waals surface area (Å²) in [7, 11) is 0. The van der Waals surface area contributed by atoms with Crippen LogP contribution >= 0.6 is 11.8 Å². The average Bonchev–Trinajstić information content (AvgIpc) is 2.69. The molecular weight excluding hydrogens is 236 g/mol. The zero-order chi connectivity index (χ0) is 12.7. The van der Waals surface area contributed by atoms with Crippen LogP contribution in [0.5, 0.6) is 0 Å². The van der Waals surface area contributed by atoms with Crippen LogP contribution < -0.4 is 10.6 Å². The maximum Gasteiger partial charge on any atom is 0.315 e. The predicted octanol–water partition coefficient (Wildman–Crippen LogP) is 1.59. The molecule has 17 heavy (non-hydrogen) atoms. The van der Waals surface area contributed by atoms with Gasteiger partial charge in [-0.2, -0.15) is 11.8 Å². The summed E-state index contributed by atoms with van der Waals surface area (Å²) >= 11 is 1.79. The molecule has 0 aromatic carbocycles. The fourth-order valence-electron chi connectivity index (χ4n) is 2.12. The number of hydrogen-bond donors (Lipinski definition) is 3. The topological polar surface area (TPSA) is 61.4 Å². The van der Waals surface area contributed by atoms with Crippen LogP contribution in [0.25, 0.3) is 0 Å². The third-order valence-corrected chi connectivity index (χ3v) is 3.92. The number of amides is 2. The Morgan fingerprint density at radius 2 is 2.29 bits per heavy atom. The second-order valence-electron chi connectivity index (χ2n) is 4.80. The molecule has 2 amide bonds. The van der Waals surface area contributed by atoms with Crippen molar-refractivity contribution in [3.8, 4) is 0 Å². The van der Waals surface area contributed by atoms with Crippen LogP contribution in [0.2, 0.25) is 0 Å². The zero-order valence-corrected chi connectivity index (χ0v) is 11.6. The monoisotopic (exact) mass is 260 g/mol. The van der Waals surface area contributed by atoms with Gasteiger partial charge >= 0.3 is 6.03 Å². The van der Waals surface area contributed by atoms with E-state index in [1.165, 1.54) is 0 Å². The van der Waals surface area contributed by atoms with Gasteiger partial charge in [-0.05, 0) is 38.2 Å². The molecule has 100 valence electrons. The van der Waals surface area contributed by atoms with Gasteiger partial charge in [-0.3, -0.25) is 0 Å². The molecule has 0 saturated heterocycles. The summed E-state index contributed by atoms with van der Waals surface area (Å²) in [5, 5.41) is 15.4. The fraction of sp³-hybridized carbons (Fsp3) is 0.917. The van der Waals surface area contributed by atoms with Crippen molar-refractivity contribution in [1.29, 1.82) is 0 Å². The van der Waals surface area contributed by atoms with Crippen LogP contribution in [0.15, 0.2) is 0 Å². The molecule has 0 aliphatic heterocycles. The van der Waals surface area contributed by atoms with E-state index in [-0.39, 0.29) is 24.1 Å². The van der Waals surface area contributed by atoms with Crippen molar-refractivity contribution >= 4 is 17.8 Å². The van der Waals surface area contributed by atoms with Crippen molar-refractivity contribution < 1.29 is 9.90 Å². The van der Waals surface area contributed by atoms with E-state index in [9.17, 15) is 9.90 Å². The molecule has 0 aromatic heterocycles. The van der Waals surface area contributed by atoms with Crippen LogP contribution in [-0.2, 0) is 0 Å². The van der Waals surface area contributed by atoms with Crippen LogP contribution in [0.4, 0.5) is 4.79 Å². The number of aliphatic hydroxyl groups excluding tert-OH is 1. The van der Waals surface area contributed by atoms with E-state index in [1.54, 1.807) is 11.8 Å². The second kappa shape index (κ2) is 7.82. The first-order valence-corrected chi connectivity index (χ1v) is 7.74. The van der Waals surface area contributed by atoms with Gasteiger partial charge in [0, 0.05) is 18.5 Å². The molecule has 3 N–H and O–H groups in total. The summed E-state index contributed by atoms with van der Waals surface area (Å²) in [5.74, 6) is 1.30. The Morgan fingerprint density at radius 3 is 2.88 bits per heavy atom. The highest BCUT2D eigenvalue weighted by Gasteiger charge is 2.25. The Labute approximate surface area is 108 Å². The largest absolute Gasteiger partial charge is 0.393 e. The van der Waals surface area contributed by atoms with Crippen molar-refractivity contribution in [2.75, 3.05) is 18.6 Å². The maximum absolute atomic E-state index is 11.6. The lowest BCUT2D eigenvalue weighted by molar-refractivity contribution is 0.132. The minimum atomic E-state index is -0.232. The third kappa shape index (κ3) is 5.64. The Morgan fingerprint density at radius 1 is 1.53 bits per heavy atom. The standard InChI is InChI=1S/C12H24N2O2S/c1-9(6-7-17-2)14-12(16)13-8-10-4-3-5-11(10)15/h9-11,15H,3-8H2,1-2H3,(H2,13,14,16)/t9-,10-,11+/m0/s1. The van der Waals surface area contributed by atoms with Gasteiger partial charge in [0.05, 0.1) is 6.10 Å². The number of hydrogen-bond acceptors (Lipinski definition) is 3. The number of rotatable bonds is 6. The van der Waals surface area contributed by atoms with E-state index in [0.717, 1.165) is 31.4 Å². The summed E-state index contributed by atoms with van der Waals surface area (Å²) in [6.07, 6.45) is 5.78. The van der Waals surface area contributed by atoms with E-state index in [4.69, 9.17) is 0 Å². The molecule has 1 aliphatic carbocycles. The quantitative estimate of drug-likeness (QED) is 0.679. The summed E-state index contributed by atoms with van der Waals surface area (Å²) in [4.78, 5) is 11.6. The van der Waals surface area contributed by atoms with Gasteiger partial charge in [0.25, 0.3) is 0 Å². The number of nitrogens with one attached hydrogen (secondary N) is 2. The van der Waals surface area contributed by atoms with Crippen LogP contribution in [0.1, 0.15) is 32.6 Å². The predicted molar refractivity (Wildman–Crippen MR) is 72.3 cm³/mol. The molecule has 1 fully saturated rings. The van der Waals surface area contributed by atoms with Crippen LogP contribution in [-0.4, -0.2) is 41.8 Å². The molecule has 0 radical (unpaired) electrons. The normalized spacial score (nSPS) is 25.6. The molecule has 0 aromatic rings. The van der Waals surface area contributed by atoms with Crippen LogP contribution in [0.3, 0.4) is 0 Å². The molecule has 0 unspecified atom stereocenters. The molecule has 0 spiro atoms. The average molecular weight is 260 g/mol. The number of urea groups is 1. The number of carbonyl (C=O) groups excluding carboxylic acids is 1. The summed E-state index contributed by atoms with van der Waals surface area (Å²) in [6, 6.07) is 0.0913. The first-order valence-electron chi connectivity index (χ1n) is 6.35. The molecule has 4 nitrogen and oxygen atoms in total. The van der Waals surface area contributed by atoms with Crippen molar-refractivity contribution in [3.63, 3.8) is 0 Å². The Hall–Kier alpha value is -0.420. The summed E-state index contributed by atoms with van der Waals surface area (Å²) in [6.45, 7) is 2.60. The minimum absolute atomic E-state index is 0.113. The Balaban J connectivity index is 2.12. The zero-order valence-electron chi connectivity index (χ0n) is 10.7. The van der Waals surface area contributed by atoms with Crippen molar-refractivity contribution in [1.82, 2.24) is 10.6 Å². The highest BCUT2D eigenvalue weighted by Crippen LogP contribution is 2.24. The molecule has 1 aliphatic rings. The number of aliphatic hydroxyl groups is 1. The molecule has 0 bridgehead atoms. The lowest BCUT2D eigenvalue weighted by Crippen LogP contribution is -2.43. The molecule has 5 heteroatoms. The smallest absolute Gasteiger partial charge is 0.315 e. The SMILES string of the molecule is CSCC[C@H](C)NC(=O)NC[C@@H]1CCC[C@H]1O. The van der Waals surface area contributed by atoms with Crippen molar-refractivity contribution in [2.45, 2.75) is 44.8 Å². The third-order valence-electron chi connectivity index (χ3n) is 3.28. The summed E-state index contributed by atoms with van der Waals surface area (Å²) in [5.41, 5.74) is 0.